The van der Waals surface area contributed by atoms with Gasteiger partial charge in [-0.2, -0.15) is 0 Å². The molecule has 0 spiro atoms. The largest absolute Gasteiger partial charge is 0.461 e. The molecule has 1 aliphatic heterocycles. The Morgan fingerprint density at radius 1 is 1.25 bits per heavy atom. The van der Waals surface area contributed by atoms with Gasteiger partial charge in [0.05, 0.1) is 13.2 Å². The van der Waals surface area contributed by atoms with E-state index in [1.54, 1.807) is 35.6 Å². The predicted molar refractivity (Wildman–Crippen MR) is 101 cm³/mol. The van der Waals surface area contributed by atoms with Crippen LogP contribution in [0.1, 0.15) is 18.4 Å². The maximum atomic E-state index is 12.4. The van der Waals surface area contributed by atoms with Gasteiger partial charge in [0.1, 0.15) is 18.5 Å². The summed E-state index contributed by atoms with van der Waals surface area (Å²) in [6.07, 6.45) is 4.80. The Hall–Kier alpha value is -3.07. The Morgan fingerprint density at radius 3 is 2.86 bits per heavy atom. The fraction of sp³-hybridized carbons (Fsp3) is 0.421. The van der Waals surface area contributed by atoms with Gasteiger partial charge in [-0.15, -0.1) is 0 Å². The molecule has 0 bridgehead atoms. The van der Waals surface area contributed by atoms with Crippen molar-refractivity contribution < 1.29 is 19.1 Å². The van der Waals surface area contributed by atoms with Crippen molar-refractivity contribution in [3.8, 4) is 6.01 Å². The highest BCUT2D eigenvalue weighted by molar-refractivity contribution is 5.92. The van der Waals surface area contributed by atoms with Crippen molar-refractivity contribution in [2.75, 3.05) is 31.6 Å². The van der Waals surface area contributed by atoms with Crippen molar-refractivity contribution in [3.63, 3.8) is 0 Å². The molecule has 3 heterocycles. The van der Waals surface area contributed by atoms with Gasteiger partial charge >= 0.3 is 6.01 Å². The van der Waals surface area contributed by atoms with Gasteiger partial charge in [-0.05, 0) is 30.7 Å². The van der Waals surface area contributed by atoms with Gasteiger partial charge in [0.2, 0.25) is 11.8 Å². The van der Waals surface area contributed by atoms with Crippen molar-refractivity contribution in [3.05, 3.63) is 42.4 Å². The minimum absolute atomic E-state index is 0.0865. The van der Waals surface area contributed by atoms with Gasteiger partial charge in [0.25, 0.3) is 0 Å². The fourth-order valence-corrected chi connectivity index (χ4v) is 2.76. The molecule has 1 saturated heterocycles. The van der Waals surface area contributed by atoms with Crippen molar-refractivity contribution in [2.45, 2.75) is 25.9 Å². The summed E-state index contributed by atoms with van der Waals surface area (Å²) in [5.41, 5.74) is 1.00. The number of hydrogen-bond donors (Lipinski definition) is 1. The number of carbonyl (C=O) groups is 2. The van der Waals surface area contributed by atoms with Gasteiger partial charge in [0.15, 0.2) is 0 Å². The average molecular weight is 385 g/mol. The second-order valence-corrected chi connectivity index (χ2v) is 6.44. The molecule has 2 amide bonds. The van der Waals surface area contributed by atoms with E-state index in [-0.39, 0.29) is 43.4 Å². The molecule has 9 heteroatoms. The van der Waals surface area contributed by atoms with E-state index in [2.05, 4.69) is 20.3 Å². The number of nitrogens with one attached hydrogen (secondary N) is 1. The lowest BCUT2D eigenvalue weighted by Crippen LogP contribution is -2.47. The molecule has 0 aliphatic carbocycles. The van der Waals surface area contributed by atoms with Crippen LogP contribution in [0.25, 0.3) is 0 Å². The van der Waals surface area contributed by atoms with E-state index < -0.39 is 0 Å². The van der Waals surface area contributed by atoms with Crippen molar-refractivity contribution >= 4 is 17.6 Å². The molecule has 1 unspecified atom stereocenters. The quantitative estimate of drug-likeness (QED) is 0.763. The van der Waals surface area contributed by atoms with Crippen LogP contribution in [-0.4, -0.2) is 64.1 Å². The minimum Gasteiger partial charge on any atom is -0.461 e. The van der Waals surface area contributed by atoms with E-state index >= 15 is 0 Å². The first-order valence-corrected chi connectivity index (χ1v) is 9.12. The van der Waals surface area contributed by atoms with Crippen LogP contribution in [0.4, 0.5) is 5.82 Å². The van der Waals surface area contributed by atoms with Crippen LogP contribution >= 0.6 is 0 Å². The van der Waals surface area contributed by atoms with E-state index in [1.807, 2.05) is 13.0 Å². The van der Waals surface area contributed by atoms with Gasteiger partial charge in [-0.25, -0.2) is 15.0 Å². The van der Waals surface area contributed by atoms with E-state index in [0.29, 0.717) is 25.5 Å². The number of anilines is 1. The van der Waals surface area contributed by atoms with Gasteiger partial charge in [-0.1, -0.05) is 0 Å². The summed E-state index contributed by atoms with van der Waals surface area (Å²) in [6.45, 7) is 3.51. The number of rotatable bonds is 7. The monoisotopic (exact) mass is 385 g/mol. The first kappa shape index (κ1) is 19.7. The zero-order chi connectivity index (χ0) is 19.8. The van der Waals surface area contributed by atoms with E-state index in [9.17, 15) is 9.59 Å². The minimum atomic E-state index is -0.258. The number of amides is 2. The zero-order valence-electron chi connectivity index (χ0n) is 15.7. The Balaban J connectivity index is 1.41. The van der Waals surface area contributed by atoms with Crippen LogP contribution in [0.3, 0.4) is 0 Å². The number of carbonyl (C=O) groups excluding carboxylic acids is 2. The number of hydrogen-bond acceptors (Lipinski definition) is 7. The molecule has 9 nitrogen and oxygen atoms in total. The second-order valence-electron chi connectivity index (χ2n) is 6.44. The Labute approximate surface area is 163 Å². The van der Waals surface area contributed by atoms with Crippen molar-refractivity contribution in [2.24, 2.45) is 0 Å². The van der Waals surface area contributed by atoms with Crippen LogP contribution in [0.2, 0.25) is 0 Å². The lowest BCUT2D eigenvalue weighted by Gasteiger charge is -2.32. The summed E-state index contributed by atoms with van der Waals surface area (Å²) in [5.74, 6) is 0.168. The third-order valence-electron chi connectivity index (χ3n) is 4.18. The third kappa shape index (κ3) is 5.98. The highest BCUT2D eigenvalue weighted by Gasteiger charge is 2.25. The number of aromatic nitrogens is 3. The Bertz CT molecular complexity index is 802. The maximum absolute atomic E-state index is 12.4. The SMILES string of the molecule is Cc1ccnc(NC(=O)CCC(=O)N2CCOC(COc3ncccn3)C2)c1. The summed E-state index contributed by atoms with van der Waals surface area (Å²) < 4.78 is 11.1. The summed E-state index contributed by atoms with van der Waals surface area (Å²) in [5, 5.41) is 2.71. The number of ether oxygens (including phenoxy) is 2. The van der Waals surface area contributed by atoms with Crippen LogP contribution in [0.15, 0.2) is 36.8 Å². The fourth-order valence-electron chi connectivity index (χ4n) is 2.76. The molecule has 3 rings (SSSR count). The summed E-state index contributed by atoms with van der Waals surface area (Å²) in [6, 6.07) is 5.61. The molecule has 1 fully saturated rings. The lowest BCUT2D eigenvalue weighted by molar-refractivity contribution is -0.141. The molecule has 28 heavy (non-hydrogen) atoms. The van der Waals surface area contributed by atoms with E-state index in [1.165, 1.54) is 0 Å². The van der Waals surface area contributed by atoms with Crippen LogP contribution in [0, 0.1) is 6.92 Å². The predicted octanol–water partition coefficient (Wildman–Crippen LogP) is 1.21. The molecule has 0 saturated carbocycles. The number of aryl methyl sites for hydroxylation is 1. The molecule has 1 N–H and O–H groups in total. The lowest BCUT2D eigenvalue weighted by atomic mass is 10.2. The summed E-state index contributed by atoms with van der Waals surface area (Å²) in [7, 11) is 0. The Kier molecular flexibility index (Phi) is 6.85. The van der Waals surface area contributed by atoms with E-state index in [0.717, 1.165) is 5.56 Å². The zero-order valence-corrected chi connectivity index (χ0v) is 15.7. The molecule has 2 aromatic heterocycles. The molecule has 1 atom stereocenters. The van der Waals surface area contributed by atoms with Gasteiger partial charge < -0.3 is 19.7 Å². The topological polar surface area (TPSA) is 107 Å². The second kappa shape index (κ2) is 9.75. The standard InChI is InChI=1S/C19H23N5O4/c1-14-5-8-20-16(11-14)23-17(25)3-4-18(26)24-9-10-27-15(12-24)13-28-19-21-6-2-7-22-19/h2,5-8,11,15H,3-4,9-10,12-13H2,1H3,(H,20,23,25). The first-order valence-electron chi connectivity index (χ1n) is 9.12. The molecular weight excluding hydrogens is 362 g/mol. The van der Waals surface area contributed by atoms with E-state index in [4.69, 9.17) is 9.47 Å². The van der Waals surface area contributed by atoms with Crippen LogP contribution < -0.4 is 10.1 Å². The van der Waals surface area contributed by atoms with Gasteiger partial charge in [0, 0.05) is 38.0 Å². The van der Waals surface area contributed by atoms with Crippen molar-refractivity contribution in [1.82, 2.24) is 19.9 Å². The molecule has 1 aliphatic rings. The van der Waals surface area contributed by atoms with Gasteiger partial charge in [-0.3, -0.25) is 9.59 Å². The van der Waals surface area contributed by atoms with Crippen LogP contribution in [0.5, 0.6) is 6.01 Å². The smallest absolute Gasteiger partial charge is 0.316 e. The maximum Gasteiger partial charge on any atom is 0.316 e. The molecule has 0 aromatic carbocycles. The molecule has 0 radical (unpaired) electrons. The summed E-state index contributed by atoms with van der Waals surface area (Å²) in [4.78, 5) is 38.2. The third-order valence-corrected chi connectivity index (χ3v) is 4.18. The highest BCUT2D eigenvalue weighted by atomic mass is 16.5. The molecule has 2 aromatic rings. The molecular formula is C19H23N5O4. The molecule has 148 valence electrons. The number of nitrogens with zero attached hydrogens (tertiary/aromatic N) is 4. The normalized spacial score (nSPS) is 16.5. The van der Waals surface area contributed by atoms with Crippen molar-refractivity contribution in [1.29, 1.82) is 0 Å². The average Bonchev–Trinajstić information content (AvgIpc) is 2.71. The Morgan fingerprint density at radius 2 is 2.07 bits per heavy atom. The highest BCUT2D eigenvalue weighted by Crippen LogP contribution is 2.11. The first-order chi connectivity index (χ1) is 13.6. The number of pyridine rings is 1. The number of morpholine rings is 1. The van der Waals surface area contributed by atoms with Crippen LogP contribution in [-0.2, 0) is 14.3 Å². The summed E-state index contributed by atoms with van der Waals surface area (Å²) >= 11 is 0.